The van der Waals surface area contributed by atoms with Crippen molar-refractivity contribution in [3.8, 4) is 0 Å². The molecule has 1 aliphatic carbocycles. The third-order valence-corrected chi connectivity index (χ3v) is 4.28. The first-order chi connectivity index (χ1) is 9.74. The fraction of sp³-hybridized carbons (Fsp3) is 0.714. The van der Waals surface area contributed by atoms with Crippen molar-refractivity contribution >= 4 is 22.4 Å². The zero-order valence-electron chi connectivity index (χ0n) is 11.6. The molecule has 1 aliphatic rings. The topological polar surface area (TPSA) is 71.5 Å². The molecule has 0 radical (unpaired) electrons. The molecule has 0 bridgehead atoms. The van der Waals surface area contributed by atoms with Gasteiger partial charge in [0.25, 0.3) is 0 Å². The number of carboxylic acids is 1. The molecule has 1 aromatic heterocycles. The van der Waals surface area contributed by atoms with Crippen molar-refractivity contribution in [2.45, 2.75) is 51.0 Å². The number of nitrogens with one attached hydrogen (secondary N) is 1. The van der Waals surface area contributed by atoms with E-state index in [0.29, 0.717) is 19.1 Å². The number of hydrogen-bond acceptors (Lipinski definition) is 5. The van der Waals surface area contributed by atoms with E-state index in [0.717, 1.165) is 17.4 Å². The lowest BCUT2D eigenvalue weighted by Crippen LogP contribution is -2.20. The molecule has 6 heteroatoms. The van der Waals surface area contributed by atoms with Crippen molar-refractivity contribution in [3.63, 3.8) is 0 Å². The standard InChI is InChI=1S/C14H22N2O3S/c17-13(18)7-6-11-10-20-14(16-11)15-8-9-19-12-4-2-1-3-5-12/h10,12H,1-9H2,(H,15,16)(H,17,18). The van der Waals surface area contributed by atoms with Gasteiger partial charge in [-0.1, -0.05) is 19.3 Å². The summed E-state index contributed by atoms with van der Waals surface area (Å²) in [6, 6.07) is 0. The van der Waals surface area contributed by atoms with Gasteiger partial charge in [-0.15, -0.1) is 11.3 Å². The second-order valence-electron chi connectivity index (χ2n) is 5.10. The monoisotopic (exact) mass is 298 g/mol. The second kappa shape index (κ2) is 8.21. The minimum atomic E-state index is -0.784. The summed E-state index contributed by atoms with van der Waals surface area (Å²) in [5.41, 5.74) is 0.841. The number of carboxylic acid groups (broad SMARTS) is 1. The molecule has 0 aliphatic heterocycles. The van der Waals surface area contributed by atoms with Crippen LogP contribution in [0, 0.1) is 0 Å². The highest BCUT2D eigenvalue weighted by Crippen LogP contribution is 2.20. The van der Waals surface area contributed by atoms with E-state index in [2.05, 4.69) is 10.3 Å². The molecule has 2 rings (SSSR count). The Morgan fingerprint density at radius 1 is 1.45 bits per heavy atom. The molecular weight excluding hydrogens is 276 g/mol. The summed E-state index contributed by atoms with van der Waals surface area (Å²) < 4.78 is 5.83. The number of aromatic nitrogens is 1. The van der Waals surface area contributed by atoms with E-state index in [1.165, 1.54) is 43.4 Å². The first-order valence-corrected chi connectivity index (χ1v) is 8.13. The first-order valence-electron chi connectivity index (χ1n) is 7.25. The minimum Gasteiger partial charge on any atom is -0.481 e. The zero-order valence-corrected chi connectivity index (χ0v) is 12.5. The summed E-state index contributed by atoms with van der Waals surface area (Å²) >= 11 is 1.52. The maximum atomic E-state index is 10.5. The number of aliphatic carboxylic acids is 1. The number of thiazole rings is 1. The molecule has 1 aromatic rings. The number of nitrogens with zero attached hydrogens (tertiary/aromatic N) is 1. The highest BCUT2D eigenvalue weighted by molar-refractivity contribution is 7.13. The highest BCUT2D eigenvalue weighted by atomic mass is 32.1. The van der Waals surface area contributed by atoms with Gasteiger partial charge in [-0.2, -0.15) is 0 Å². The van der Waals surface area contributed by atoms with Gasteiger partial charge in [0.05, 0.1) is 24.8 Å². The summed E-state index contributed by atoms with van der Waals surface area (Å²) in [5, 5.41) is 14.6. The Labute approximate surface area is 123 Å². The van der Waals surface area contributed by atoms with Gasteiger partial charge < -0.3 is 15.2 Å². The van der Waals surface area contributed by atoms with Crippen LogP contribution in [-0.2, 0) is 16.0 Å². The van der Waals surface area contributed by atoms with Crippen LogP contribution in [0.15, 0.2) is 5.38 Å². The molecule has 1 fully saturated rings. The zero-order chi connectivity index (χ0) is 14.2. The smallest absolute Gasteiger partial charge is 0.303 e. The fourth-order valence-electron chi connectivity index (χ4n) is 2.35. The van der Waals surface area contributed by atoms with Crippen LogP contribution >= 0.6 is 11.3 Å². The summed E-state index contributed by atoms with van der Waals surface area (Å²) in [6.45, 7) is 1.46. The van der Waals surface area contributed by atoms with Gasteiger partial charge in [-0.25, -0.2) is 4.98 Å². The summed E-state index contributed by atoms with van der Waals surface area (Å²) in [7, 11) is 0. The summed E-state index contributed by atoms with van der Waals surface area (Å²) in [5.74, 6) is -0.784. The molecule has 0 atom stereocenters. The first kappa shape index (κ1) is 15.3. The molecule has 0 spiro atoms. The third-order valence-electron chi connectivity index (χ3n) is 3.43. The fourth-order valence-corrected chi connectivity index (χ4v) is 3.13. The molecule has 0 unspecified atom stereocenters. The SMILES string of the molecule is O=C(O)CCc1csc(NCCOC2CCCCC2)n1. The number of ether oxygens (including phenoxy) is 1. The van der Waals surface area contributed by atoms with Gasteiger partial charge in [0.1, 0.15) is 0 Å². The highest BCUT2D eigenvalue weighted by Gasteiger charge is 2.13. The summed E-state index contributed by atoms with van der Waals surface area (Å²) in [6.07, 6.45) is 7.37. The van der Waals surface area contributed by atoms with Crippen molar-refractivity contribution in [2.75, 3.05) is 18.5 Å². The van der Waals surface area contributed by atoms with E-state index in [-0.39, 0.29) is 6.42 Å². The normalized spacial score (nSPS) is 16.2. The lowest BCUT2D eigenvalue weighted by molar-refractivity contribution is -0.136. The molecule has 20 heavy (non-hydrogen) atoms. The van der Waals surface area contributed by atoms with Gasteiger partial charge in [0, 0.05) is 18.3 Å². The Balaban J connectivity index is 1.60. The minimum absolute atomic E-state index is 0.133. The number of carbonyl (C=O) groups is 1. The van der Waals surface area contributed by atoms with Crippen LogP contribution in [0.25, 0.3) is 0 Å². The van der Waals surface area contributed by atoms with Crippen molar-refractivity contribution in [1.29, 1.82) is 0 Å². The molecule has 112 valence electrons. The van der Waals surface area contributed by atoms with Gasteiger partial charge >= 0.3 is 5.97 Å². The Bertz CT molecular complexity index is 416. The van der Waals surface area contributed by atoms with E-state index in [1.807, 2.05) is 5.38 Å². The average molecular weight is 298 g/mol. The maximum Gasteiger partial charge on any atom is 0.303 e. The maximum absolute atomic E-state index is 10.5. The predicted molar refractivity (Wildman–Crippen MR) is 79.4 cm³/mol. The van der Waals surface area contributed by atoms with Crippen LogP contribution in [0.1, 0.15) is 44.2 Å². The number of anilines is 1. The summed E-state index contributed by atoms with van der Waals surface area (Å²) in [4.78, 5) is 14.8. The largest absolute Gasteiger partial charge is 0.481 e. The molecule has 0 aromatic carbocycles. The van der Waals surface area contributed by atoms with E-state index in [1.54, 1.807) is 0 Å². The predicted octanol–water partition coefficient (Wildman–Crippen LogP) is 2.92. The lowest BCUT2D eigenvalue weighted by Gasteiger charge is -2.21. The van der Waals surface area contributed by atoms with Gasteiger partial charge in [-0.3, -0.25) is 4.79 Å². The van der Waals surface area contributed by atoms with E-state index < -0.39 is 5.97 Å². The molecule has 5 nitrogen and oxygen atoms in total. The Morgan fingerprint density at radius 2 is 2.25 bits per heavy atom. The van der Waals surface area contributed by atoms with Crippen LogP contribution in [0.2, 0.25) is 0 Å². The van der Waals surface area contributed by atoms with Crippen molar-refractivity contribution in [1.82, 2.24) is 4.98 Å². The van der Waals surface area contributed by atoms with E-state index >= 15 is 0 Å². The van der Waals surface area contributed by atoms with Gasteiger partial charge in [0.2, 0.25) is 0 Å². The Morgan fingerprint density at radius 3 is 3.00 bits per heavy atom. The number of hydrogen-bond donors (Lipinski definition) is 2. The molecule has 0 saturated heterocycles. The third kappa shape index (κ3) is 5.46. The molecule has 1 heterocycles. The lowest BCUT2D eigenvalue weighted by atomic mass is 9.98. The molecule has 0 amide bonds. The Kier molecular flexibility index (Phi) is 6.26. The number of aryl methyl sites for hydroxylation is 1. The van der Waals surface area contributed by atoms with Crippen LogP contribution in [0.3, 0.4) is 0 Å². The molecule has 1 saturated carbocycles. The molecular formula is C14H22N2O3S. The second-order valence-corrected chi connectivity index (χ2v) is 5.95. The van der Waals surface area contributed by atoms with Crippen molar-refractivity contribution in [2.24, 2.45) is 0 Å². The van der Waals surface area contributed by atoms with Crippen molar-refractivity contribution in [3.05, 3.63) is 11.1 Å². The van der Waals surface area contributed by atoms with Crippen molar-refractivity contribution < 1.29 is 14.6 Å². The van der Waals surface area contributed by atoms with Gasteiger partial charge in [0.15, 0.2) is 5.13 Å². The quantitative estimate of drug-likeness (QED) is 0.722. The van der Waals surface area contributed by atoms with Crippen LogP contribution in [0.4, 0.5) is 5.13 Å². The van der Waals surface area contributed by atoms with E-state index in [9.17, 15) is 4.79 Å². The van der Waals surface area contributed by atoms with Gasteiger partial charge in [-0.05, 0) is 12.8 Å². The Hall–Kier alpha value is -1.14. The number of rotatable bonds is 8. The van der Waals surface area contributed by atoms with E-state index in [4.69, 9.17) is 9.84 Å². The van der Waals surface area contributed by atoms with Crippen LogP contribution < -0.4 is 5.32 Å². The van der Waals surface area contributed by atoms with Crippen LogP contribution in [-0.4, -0.2) is 35.3 Å². The van der Waals surface area contributed by atoms with Crippen LogP contribution in [0.5, 0.6) is 0 Å². The average Bonchev–Trinajstić information content (AvgIpc) is 2.90. The molecule has 2 N–H and O–H groups in total.